The predicted molar refractivity (Wildman–Crippen MR) is 35.1 cm³/mol. The largest absolute Gasteiger partial charge is 0.303 e. The minimum absolute atomic E-state index is 0.0286. The normalized spacial score (nSPS) is 9.89. The Balaban J connectivity index is 3.24. The first-order valence-electron chi connectivity index (χ1n) is 2.88. The van der Waals surface area contributed by atoms with Gasteiger partial charge in [-0.3, -0.25) is 4.79 Å². The third-order valence-corrected chi connectivity index (χ3v) is 0.804. The molecule has 0 fully saturated rings. The Kier molecular flexibility index (Phi) is 4.69. The van der Waals surface area contributed by atoms with E-state index >= 15 is 0 Å². The summed E-state index contributed by atoms with van der Waals surface area (Å²) >= 11 is 0. The van der Waals surface area contributed by atoms with Crippen LogP contribution in [0.4, 0.5) is 0 Å². The number of carbonyl (C=O) groups is 2. The minimum atomic E-state index is 0.0286. The zero-order valence-corrected chi connectivity index (χ0v) is 5.46. The van der Waals surface area contributed by atoms with Crippen LogP contribution in [0.3, 0.4) is 0 Å². The van der Waals surface area contributed by atoms with Crippen molar-refractivity contribution in [1.29, 1.82) is 0 Å². The van der Waals surface area contributed by atoms with Crippen LogP contribution in [0.15, 0.2) is 12.2 Å². The summed E-state index contributed by atoms with van der Waals surface area (Å²) < 4.78 is 0. The second-order valence-corrected chi connectivity index (χ2v) is 1.76. The van der Waals surface area contributed by atoms with Crippen LogP contribution in [-0.4, -0.2) is 12.1 Å². The van der Waals surface area contributed by atoms with Gasteiger partial charge in [-0.25, -0.2) is 0 Å². The fraction of sp³-hybridized carbons (Fsp3) is 0.429. The molecule has 0 bridgehead atoms. The number of aldehydes is 1. The van der Waals surface area contributed by atoms with Crippen molar-refractivity contribution >= 4 is 12.1 Å². The van der Waals surface area contributed by atoms with Gasteiger partial charge < -0.3 is 4.79 Å². The quantitative estimate of drug-likeness (QED) is 0.321. The predicted octanol–water partition coefficient (Wildman–Crippen LogP) is 1.11. The van der Waals surface area contributed by atoms with Crippen LogP contribution in [0, 0.1) is 0 Å². The number of unbranched alkanes of at least 4 members (excludes halogenated alkanes) is 1. The van der Waals surface area contributed by atoms with Crippen LogP contribution >= 0.6 is 0 Å². The zero-order valence-electron chi connectivity index (χ0n) is 5.46. The molecule has 0 amide bonds. The van der Waals surface area contributed by atoms with Crippen LogP contribution in [0.5, 0.6) is 0 Å². The molecule has 0 aromatic rings. The standard InChI is InChI=1S/C7H10O2/c1-7(9)5-3-2-4-6-8/h3,5-6H,2,4H2,1H3/b5-3+. The lowest BCUT2D eigenvalue weighted by Gasteiger charge is -1.79. The first-order valence-corrected chi connectivity index (χ1v) is 2.88. The van der Waals surface area contributed by atoms with E-state index in [0.717, 1.165) is 6.29 Å². The molecule has 0 saturated carbocycles. The molecule has 0 aromatic carbocycles. The van der Waals surface area contributed by atoms with Crippen molar-refractivity contribution in [2.75, 3.05) is 0 Å². The van der Waals surface area contributed by atoms with E-state index in [2.05, 4.69) is 0 Å². The third kappa shape index (κ3) is 7.08. The molecule has 0 radical (unpaired) electrons. The Morgan fingerprint density at radius 3 is 2.56 bits per heavy atom. The smallest absolute Gasteiger partial charge is 0.152 e. The summed E-state index contributed by atoms with van der Waals surface area (Å²) in [5, 5.41) is 0. The lowest BCUT2D eigenvalue weighted by Crippen LogP contribution is -1.79. The summed E-state index contributed by atoms with van der Waals surface area (Å²) in [6.07, 6.45) is 5.19. The molecule has 0 aromatic heterocycles. The Hall–Kier alpha value is -0.920. The van der Waals surface area contributed by atoms with E-state index < -0.39 is 0 Å². The minimum Gasteiger partial charge on any atom is -0.303 e. The zero-order chi connectivity index (χ0) is 7.11. The van der Waals surface area contributed by atoms with Crippen LogP contribution < -0.4 is 0 Å². The number of allylic oxidation sites excluding steroid dienone is 2. The van der Waals surface area contributed by atoms with Gasteiger partial charge in [-0.2, -0.15) is 0 Å². The van der Waals surface area contributed by atoms with Crippen molar-refractivity contribution in [3.63, 3.8) is 0 Å². The Labute approximate surface area is 54.6 Å². The van der Waals surface area contributed by atoms with Crippen molar-refractivity contribution in [2.45, 2.75) is 19.8 Å². The maximum absolute atomic E-state index is 10.2. The van der Waals surface area contributed by atoms with Crippen LogP contribution in [0.2, 0.25) is 0 Å². The first-order chi connectivity index (χ1) is 4.27. The Bertz CT molecular complexity index is 125. The SMILES string of the molecule is CC(=O)/C=C/CCC=O. The molecule has 0 rings (SSSR count). The van der Waals surface area contributed by atoms with Crippen molar-refractivity contribution in [3.8, 4) is 0 Å². The van der Waals surface area contributed by atoms with Crippen molar-refractivity contribution < 1.29 is 9.59 Å². The van der Waals surface area contributed by atoms with E-state index in [1.165, 1.54) is 13.0 Å². The van der Waals surface area contributed by atoms with Gasteiger partial charge in [-0.05, 0) is 19.4 Å². The molecule has 0 atom stereocenters. The average Bonchev–Trinajstić information content (AvgIpc) is 1.80. The third-order valence-electron chi connectivity index (χ3n) is 0.804. The molecule has 0 saturated heterocycles. The van der Waals surface area contributed by atoms with Gasteiger partial charge in [0.1, 0.15) is 6.29 Å². The molecular formula is C7H10O2. The molecule has 2 heteroatoms. The van der Waals surface area contributed by atoms with Crippen molar-refractivity contribution in [1.82, 2.24) is 0 Å². The monoisotopic (exact) mass is 126 g/mol. The van der Waals surface area contributed by atoms with Crippen LogP contribution in [0.1, 0.15) is 19.8 Å². The molecule has 0 aliphatic carbocycles. The topological polar surface area (TPSA) is 34.1 Å². The first kappa shape index (κ1) is 8.08. The van der Waals surface area contributed by atoms with Gasteiger partial charge in [-0.15, -0.1) is 0 Å². The summed E-state index contributed by atoms with van der Waals surface area (Å²) in [6, 6.07) is 0. The highest BCUT2D eigenvalue weighted by atomic mass is 16.1. The maximum atomic E-state index is 10.2. The highest BCUT2D eigenvalue weighted by Crippen LogP contribution is 1.86. The molecule has 0 heterocycles. The van der Waals surface area contributed by atoms with Crippen LogP contribution in [-0.2, 0) is 9.59 Å². The van der Waals surface area contributed by atoms with Gasteiger partial charge in [0.25, 0.3) is 0 Å². The lowest BCUT2D eigenvalue weighted by atomic mass is 10.3. The summed E-state index contributed by atoms with van der Waals surface area (Å²) in [7, 11) is 0. The summed E-state index contributed by atoms with van der Waals surface area (Å²) in [4.78, 5) is 20.0. The average molecular weight is 126 g/mol. The lowest BCUT2D eigenvalue weighted by molar-refractivity contribution is -0.112. The van der Waals surface area contributed by atoms with Crippen molar-refractivity contribution in [3.05, 3.63) is 12.2 Å². The van der Waals surface area contributed by atoms with Gasteiger partial charge >= 0.3 is 0 Å². The van der Waals surface area contributed by atoms with E-state index in [4.69, 9.17) is 0 Å². The van der Waals surface area contributed by atoms with Crippen LogP contribution in [0.25, 0.3) is 0 Å². The fourth-order valence-electron chi connectivity index (χ4n) is 0.414. The van der Waals surface area contributed by atoms with Gasteiger partial charge in [0.2, 0.25) is 0 Å². The molecule has 0 unspecified atom stereocenters. The van der Waals surface area contributed by atoms with E-state index in [-0.39, 0.29) is 5.78 Å². The van der Waals surface area contributed by atoms with Gasteiger partial charge in [0.15, 0.2) is 5.78 Å². The molecule has 0 aliphatic rings. The Morgan fingerprint density at radius 1 is 1.44 bits per heavy atom. The molecule has 50 valence electrons. The summed E-state index contributed by atoms with van der Waals surface area (Å²) in [6.45, 7) is 1.48. The second-order valence-electron chi connectivity index (χ2n) is 1.76. The molecule has 0 N–H and O–H groups in total. The van der Waals surface area contributed by atoms with E-state index in [1.807, 2.05) is 0 Å². The molecule has 0 spiro atoms. The maximum Gasteiger partial charge on any atom is 0.152 e. The van der Waals surface area contributed by atoms with E-state index in [1.54, 1.807) is 6.08 Å². The van der Waals surface area contributed by atoms with Gasteiger partial charge in [0, 0.05) is 6.42 Å². The summed E-state index contributed by atoms with van der Waals surface area (Å²) in [5.74, 6) is 0.0286. The Morgan fingerprint density at radius 2 is 2.11 bits per heavy atom. The second kappa shape index (κ2) is 5.22. The molecule has 9 heavy (non-hydrogen) atoms. The molecule has 2 nitrogen and oxygen atoms in total. The highest BCUT2D eigenvalue weighted by Gasteiger charge is 1.80. The number of ketones is 1. The van der Waals surface area contributed by atoms with E-state index in [9.17, 15) is 9.59 Å². The highest BCUT2D eigenvalue weighted by molar-refractivity contribution is 5.87. The van der Waals surface area contributed by atoms with Gasteiger partial charge in [0.05, 0.1) is 0 Å². The number of rotatable bonds is 4. The molecule has 0 aliphatic heterocycles. The molecular weight excluding hydrogens is 116 g/mol. The van der Waals surface area contributed by atoms with Crippen molar-refractivity contribution in [2.24, 2.45) is 0 Å². The van der Waals surface area contributed by atoms with E-state index in [0.29, 0.717) is 12.8 Å². The number of hydrogen-bond donors (Lipinski definition) is 0. The van der Waals surface area contributed by atoms with Gasteiger partial charge in [-0.1, -0.05) is 6.08 Å². The fourth-order valence-corrected chi connectivity index (χ4v) is 0.414. The number of carbonyl (C=O) groups excluding carboxylic acids is 2. The summed E-state index contributed by atoms with van der Waals surface area (Å²) in [5.41, 5.74) is 0. The number of hydrogen-bond acceptors (Lipinski definition) is 2.